The lowest BCUT2D eigenvalue weighted by molar-refractivity contribution is -0.255. The number of hydrogen-bond donors (Lipinski definition) is 0. The Morgan fingerprint density at radius 1 is 0.758 bits per heavy atom. The summed E-state index contributed by atoms with van der Waals surface area (Å²) in [5, 5.41) is 11.5. The Morgan fingerprint density at radius 3 is 2.03 bits per heavy atom. The molecule has 0 saturated carbocycles. The van der Waals surface area contributed by atoms with Gasteiger partial charge in [-0.25, -0.2) is 4.79 Å². The van der Waals surface area contributed by atoms with Crippen LogP contribution in [0.5, 0.6) is 11.5 Å². The molecule has 180 valence electrons. The van der Waals surface area contributed by atoms with Crippen molar-refractivity contribution in [3.8, 4) is 11.5 Å². The van der Waals surface area contributed by atoms with Gasteiger partial charge in [0.2, 0.25) is 0 Å². The van der Waals surface area contributed by atoms with Gasteiger partial charge in [0.05, 0.1) is 18.1 Å². The van der Waals surface area contributed by atoms with E-state index < -0.39 is 11.9 Å². The lowest BCUT2D eigenvalue weighted by Crippen LogP contribution is -2.24. The molecule has 0 aliphatic rings. The standard InChI is InChI=1S/C28H38O5/c1-3-5-7-9-10-11-13-23-21-25(18-19-26(23)27(29)30)33-28(31)22-14-16-24(17-15-22)32-20-12-8-6-4-2/h14-19,21H,3-13,20H2,1-2H3,(H,29,30)/p-1. The average Bonchev–Trinajstić information content (AvgIpc) is 2.81. The first-order valence-corrected chi connectivity index (χ1v) is 12.3. The van der Waals surface area contributed by atoms with Crippen molar-refractivity contribution in [2.45, 2.75) is 84.5 Å². The summed E-state index contributed by atoms with van der Waals surface area (Å²) in [7, 11) is 0. The molecule has 0 amide bonds. The van der Waals surface area contributed by atoms with E-state index in [9.17, 15) is 14.7 Å². The lowest BCUT2D eigenvalue weighted by Gasteiger charge is -2.13. The molecule has 5 heteroatoms. The van der Waals surface area contributed by atoms with Gasteiger partial charge in [0.1, 0.15) is 11.5 Å². The summed E-state index contributed by atoms with van der Waals surface area (Å²) < 4.78 is 11.2. The third-order valence-electron chi connectivity index (χ3n) is 5.66. The number of carbonyl (C=O) groups excluding carboxylic acids is 2. The van der Waals surface area contributed by atoms with Crippen molar-refractivity contribution in [3.63, 3.8) is 0 Å². The van der Waals surface area contributed by atoms with E-state index in [0.29, 0.717) is 29.9 Å². The van der Waals surface area contributed by atoms with Crippen LogP contribution in [0.15, 0.2) is 42.5 Å². The molecule has 0 aliphatic heterocycles. The van der Waals surface area contributed by atoms with Gasteiger partial charge in [-0.3, -0.25) is 0 Å². The molecule has 0 fully saturated rings. The van der Waals surface area contributed by atoms with Crippen molar-refractivity contribution in [3.05, 3.63) is 59.2 Å². The topological polar surface area (TPSA) is 75.7 Å². The maximum absolute atomic E-state index is 12.6. The number of carbonyl (C=O) groups is 2. The Morgan fingerprint density at radius 2 is 1.36 bits per heavy atom. The monoisotopic (exact) mass is 453 g/mol. The molecule has 2 rings (SSSR count). The second-order valence-corrected chi connectivity index (χ2v) is 8.45. The summed E-state index contributed by atoms with van der Waals surface area (Å²) in [5.41, 5.74) is 1.21. The quantitative estimate of drug-likeness (QED) is 0.174. The predicted octanol–water partition coefficient (Wildman–Crippen LogP) is 6.13. The fourth-order valence-corrected chi connectivity index (χ4v) is 3.71. The average molecular weight is 454 g/mol. The number of ether oxygens (including phenoxy) is 2. The number of rotatable bonds is 16. The highest BCUT2D eigenvalue weighted by Gasteiger charge is 2.12. The minimum Gasteiger partial charge on any atom is -0.545 e. The number of benzene rings is 2. The zero-order valence-electron chi connectivity index (χ0n) is 20.1. The van der Waals surface area contributed by atoms with Crippen LogP contribution in [-0.2, 0) is 6.42 Å². The molecular weight excluding hydrogens is 416 g/mol. The molecule has 0 atom stereocenters. The van der Waals surface area contributed by atoms with E-state index in [0.717, 1.165) is 37.9 Å². The molecule has 0 heterocycles. The molecular formula is C28H37O5-. The molecule has 2 aromatic carbocycles. The number of carboxylic acid groups (broad SMARTS) is 1. The van der Waals surface area contributed by atoms with Crippen LogP contribution >= 0.6 is 0 Å². The van der Waals surface area contributed by atoms with Crippen molar-refractivity contribution in [2.75, 3.05) is 6.61 Å². The normalized spacial score (nSPS) is 10.7. The Kier molecular flexibility index (Phi) is 12.1. The van der Waals surface area contributed by atoms with E-state index in [2.05, 4.69) is 13.8 Å². The first kappa shape index (κ1) is 26.4. The van der Waals surface area contributed by atoms with Crippen LogP contribution in [0.4, 0.5) is 0 Å². The van der Waals surface area contributed by atoms with E-state index >= 15 is 0 Å². The Balaban J connectivity index is 1.92. The van der Waals surface area contributed by atoms with Gasteiger partial charge in [-0.1, -0.05) is 65.2 Å². The van der Waals surface area contributed by atoms with Gasteiger partial charge in [0.25, 0.3) is 0 Å². The van der Waals surface area contributed by atoms with Gasteiger partial charge < -0.3 is 19.4 Å². The summed E-state index contributed by atoms with van der Waals surface area (Å²) in [6.45, 7) is 5.01. The van der Waals surface area contributed by atoms with Crippen molar-refractivity contribution in [1.82, 2.24) is 0 Å². The Bertz CT molecular complexity index is 857. The van der Waals surface area contributed by atoms with Crippen LogP contribution in [0.2, 0.25) is 0 Å². The smallest absolute Gasteiger partial charge is 0.343 e. The van der Waals surface area contributed by atoms with E-state index in [4.69, 9.17) is 9.47 Å². The maximum Gasteiger partial charge on any atom is 0.343 e. The van der Waals surface area contributed by atoms with Crippen molar-refractivity contribution in [2.24, 2.45) is 0 Å². The number of hydrogen-bond acceptors (Lipinski definition) is 5. The SMILES string of the molecule is CCCCCCCCc1cc(OC(=O)c2ccc(OCCCCCC)cc2)ccc1C(=O)[O-]. The lowest BCUT2D eigenvalue weighted by atomic mass is 10.00. The van der Waals surface area contributed by atoms with Gasteiger partial charge in [0, 0.05) is 5.56 Å². The third kappa shape index (κ3) is 9.68. The molecule has 0 unspecified atom stereocenters. The largest absolute Gasteiger partial charge is 0.545 e. The van der Waals surface area contributed by atoms with Crippen LogP contribution in [0.3, 0.4) is 0 Å². The molecule has 0 saturated heterocycles. The van der Waals surface area contributed by atoms with Gasteiger partial charge in [-0.2, -0.15) is 0 Å². The highest BCUT2D eigenvalue weighted by molar-refractivity contribution is 5.92. The summed E-state index contributed by atoms with van der Waals surface area (Å²) >= 11 is 0. The number of carboxylic acids is 1. The van der Waals surface area contributed by atoms with Gasteiger partial charge >= 0.3 is 5.97 Å². The molecule has 0 radical (unpaired) electrons. The summed E-state index contributed by atoms with van der Waals surface area (Å²) in [5.74, 6) is -0.639. The molecule has 0 N–H and O–H groups in total. The van der Waals surface area contributed by atoms with Crippen molar-refractivity contribution >= 4 is 11.9 Å². The second-order valence-electron chi connectivity index (χ2n) is 8.45. The Hall–Kier alpha value is -2.82. The van der Waals surface area contributed by atoms with Crippen molar-refractivity contribution in [1.29, 1.82) is 0 Å². The predicted molar refractivity (Wildman–Crippen MR) is 129 cm³/mol. The molecule has 2 aromatic rings. The summed E-state index contributed by atoms with van der Waals surface area (Å²) in [4.78, 5) is 24.0. The number of aryl methyl sites for hydroxylation is 1. The number of aromatic carboxylic acids is 1. The molecule has 0 aliphatic carbocycles. The molecule has 0 bridgehead atoms. The highest BCUT2D eigenvalue weighted by Crippen LogP contribution is 2.22. The zero-order chi connectivity index (χ0) is 23.9. The van der Waals surface area contributed by atoms with E-state index in [1.54, 1.807) is 30.3 Å². The van der Waals surface area contributed by atoms with Crippen LogP contribution in [0.1, 0.15) is 104 Å². The van der Waals surface area contributed by atoms with Gasteiger partial charge in [-0.15, -0.1) is 0 Å². The molecule has 33 heavy (non-hydrogen) atoms. The van der Waals surface area contributed by atoms with Crippen molar-refractivity contribution < 1.29 is 24.2 Å². The van der Waals surface area contributed by atoms with E-state index in [1.807, 2.05) is 0 Å². The number of esters is 1. The minimum atomic E-state index is -1.21. The first-order chi connectivity index (χ1) is 16.0. The third-order valence-corrected chi connectivity index (χ3v) is 5.66. The van der Waals surface area contributed by atoms with Crippen LogP contribution < -0.4 is 14.6 Å². The van der Waals surface area contributed by atoms with Crippen LogP contribution in [0, 0.1) is 0 Å². The minimum absolute atomic E-state index is 0.156. The Labute approximate surface area is 198 Å². The zero-order valence-corrected chi connectivity index (χ0v) is 20.1. The summed E-state index contributed by atoms with van der Waals surface area (Å²) in [6, 6.07) is 11.5. The molecule has 0 aromatic heterocycles. The summed E-state index contributed by atoms with van der Waals surface area (Å²) in [6.07, 6.45) is 11.9. The fraction of sp³-hybridized carbons (Fsp3) is 0.500. The van der Waals surface area contributed by atoms with Gasteiger partial charge in [-0.05, 0) is 67.3 Å². The first-order valence-electron chi connectivity index (χ1n) is 12.3. The second kappa shape index (κ2) is 15.1. The van der Waals surface area contributed by atoms with Crippen LogP contribution in [0.25, 0.3) is 0 Å². The maximum atomic E-state index is 12.6. The fourth-order valence-electron chi connectivity index (χ4n) is 3.71. The van der Waals surface area contributed by atoms with E-state index in [1.165, 1.54) is 44.2 Å². The molecule has 0 spiro atoms. The number of unbranched alkanes of at least 4 members (excludes halogenated alkanes) is 8. The van der Waals surface area contributed by atoms with E-state index in [-0.39, 0.29) is 5.56 Å². The highest BCUT2D eigenvalue weighted by atomic mass is 16.5. The molecule has 5 nitrogen and oxygen atoms in total. The van der Waals surface area contributed by atoms with Crippen LogP contribution in [-0.4, -0.2) is 18.5 Å². The van der Waals surface area contributed by atoms with Gasteiger partial charge in [0.15, 0.2) is 0 Å².